The van der Waals surface area contributed by atoms with E-state index in [-0.39, 0.29) is 12.4 Å². The maximum absolute atomic E-state index is 12.5. The first kappa shape index (κ1) is 20.9. The Morgan fingerprint density at radius 3 is 2.19 bits per heavy atom. The summed E-state index contributed by atoms with van der Waals surface area (Å²) in [5.74, 6) is 1.05. The monoisotopic (exact) mass is 414 g/mol. The summed E-state index contributed by atoms with van der Waals surface area (Å²) in [6.07, 6.45) is 6.31. The summed E-state index contributed by atoms with van der Waals surface area (Å²) >= 11 is 0. The Morgan fingerprint density at radius 2 is 1.45 bits per heavy atom. The van der Waals surface area contributed by atoms with E-state index in [0.717, 1.165) is 0 Å². The summed E-state index contributed by atoms with van der Waals surface area (Å²) < 4.78 is 11.0. The van der Waals surface area contributed by atoms with Gasteiger partial charge in [0.05, 0.1) is 5.56 Å². The number of para-hydroxylation sites is 1. The van der Waals surface area contributed by atoms with Crippen molar-refractivity contribution in [3.05, 3.63) is 95.6 Å². The van der Waals surface area contributed by atoms with Gasteiger partial charge in [-0.15, -0.1) is 0 Å². The van der Waals surface area contributed by atoms with Crippen LogP contribution < -0.4 is 4.74 Å². The second kappa shape index (κ2) is 10.1. The van der Waals surface area contributed by atoms with Crippen molar-refractivity contribution in [3.8, 4) is 11.5 Å². The van der Waals surface area contributed by atoms with Crippen molar-refractivity contribution >= 4 is 11.8 Å². The Kier molecular flexibility index (Phi) is 6.78. The molecule has 1 fully saturated rings. The number of hydrogen-bond acceptors (Lipinski definition) is 4. The Bertz CT molecular complexity index is 1020. The molecule has 158 valence electrons. The quantitative estimate of drug-likeness (QED) is 0.324. The maximum Gasteiger partial charge on any atom is 0.338 e. The summed E-state index contributed by atoms with van der Waals surface area (Å²) in [6.45, 7) is -0.286. The van der Waals surface area contributed by atoms with Gasteiger partial charge in [0.1, 0.15) is 11.5 Å². The van der Waals surface area contributed by atoms with Crippen LogP contribution in [0.4, 0.5) is 0 Å². The zero-order valence-electron chi connectivity index (χ0n) is 17.5. The van der Waals surface area contributed by atoms with E-state index < -0.39 is 5.97 Å². The first-order valence-electron chi connectivity index (χ1n) is 10.8. The highest BCUT2D eigenvalue weighted by Crippen LogP contribution is 2.32. The predicted octanol–water partition coefficient (Wildman–Crippen LogP) is 6.57. The number of benzene rings is 3. The van der Waals surface area contributed by atoms with Crippen LogP contribution in [-0.4, -0.2) is 18.4 Å². The van der Waals surface area contributed by atoms with Crippen molar-refractivity contribution in [2.45, 2.75) is 38.0 Å². The van der Waals surface area contributed by atoms with Crippen LogP contribution in [0.15, 0.2) is 78.9 Å². The largest absolute Gasteiger partial charge is 0.457 e. The Morgan fingerprint density at radius 1 is 0.742 bits per heavy atom. The van der Waals surface area contributed by atoms with E-state index in [1.165, 1.54) is 37.7 Å². The number of ether oxygens (including phenoxy) is 2. The fourth-order valence-corrected chi connectivity index (χ4v) is 3.99. The molecule has 4 rings (SSSR count). The van der Waals surface area contributed by atoms with Crippen LogP contribution in [0.1, 0.15) is 64.3 Å². The van der Waals surface area contributed by atoms with Gasteiger partial charge in [-0.1, -0.05) is 67.8 Å². The highest BCUT2D eigenvalue weighted by molar-refractivity contribution is 5.99. The number of esters is 1. The van der Waals surface area contributed by atoms with Gasteiger partial charge in [-0.05, 0) is 54.7 Å². The average molecular weight is 415 g/mol. The third-order valence-electron chi connectivity index (χ3n) is 5.69. The molecule has 31 heavy (non-hydrogen) atoms. The van der Waals surface area contributed by atoms with E-state index >= 15 is 0 Å². The van der Waals surface area contributed by atoms with Crippen LogP contribution in [0.25, 0.3) is 0 Å². The van der Waals surface area contributed by atoms with E-state index in [2.05, 4.69) is 0 Å². The van der Waals surface area contributed by atoms with Crippen molar-refractivity contribution in [1.29, 1.82) is 0 Å². The molecular formula is C27H26O4. The second-order valence-corrected chi connectivity index (χ2v) is 7.90. The van der Waals surface area contributed by atoms with Gasteiger partial charge in [-0.2, -0.15) is 0 Å². The van der Waals surface area contributed by atoms with Crippen LogP contribution >= 0.6 is 0 Å². The SMILES string of the molecule is O=C(COC(=O)c1cccc(Oc2ccccc2)c1)c1ccc(C2CCCCC2)cc1. The minimum Gasteiger partial charge on any atom is -0.457 e. The standard InChI is InChI=1S/C27H26O4/c28-26(22-16-14-21(15-17-22)20-8-3-1-4-9-20)19-30-27(29)23-10-7-13-25(18-23)31-24-11-5-2-6-12-24/h2,5-7,10-18,20H,1,3-4,8-9,19H2. The molecule has 0 spiro atoms. The Hall–Kier alpha value is -3.40. The molecule has 4 nitrogen and oxygen atoms in total. The van der Waals surface area contributed by atoms with E-state index in [0.29, 0.717) is 28.5 Å². The molecule has 0 amide bonds. The molecule has 0 bridgehead atoms. The normalized spacial score (nSPS) is 14.1. The molecule has 1 aliphatic carbocycles. The van der Waals surface area contributed by atoms with Gasteiger partial charge in [-0.25, -0.2) is 4.79 Å². The number of Topliss-reactive ketones (excluding diaryl/α,β-unsaturated/α-hetero) is 1. The molecule has 0 heterocycles. The summed E-state index contributed by atoms with van der Waals surface area (Å²) in [7, 11) is 0. The van der Waals surface area contributed by atoms with Crippen molar-refractivity contribution in [3.63, 3.8) is 0 Å². The minimum absolute atomic E-state index is 0.208. The van der Waals surface area contributed by atoms with Gasteiger partial charge in [0.15, 0.2) is 12.4 Å². The van der Waals surface area contributed by atoms with Crippen LogP contribution in [-0.2, 0) is 4.74 Å². The maximum atomic E-state index is 12.5. The smallest absolute Gasteiger partial charge is 0.338 e. The molecule has 0 atom stereocenters. The zero-order valence-corrected chi connectivity index (χ0v) is 17.5. The lowest BCUT2D eigenvalue weighted by molar-refractivity contribution is 0.0474. The van der Waals surface area contributed by atoms with Gasteiger partial charge in [0.2, 0.25) is 0 Å². The van der Waals surface area contributed by atoms with Crippen LogP contribution in [0.3, 0.4) is 0 Å². The van der Waals surface area contributed by atoms with E-state index in [1.54, 1.807) is 24.3 Å². The third kappa shape index (κ3) is 5.60. The molecule has 0 aliphatic heterocycles. The molecule has 1 saturated carbocycles. The number of hydrogen-bond donors (Lipinski definition) is 0. The zero-order chi connectivity index (χ0) is 21.5. The summed E-state index contributed by atoms with van der Waals surface area (Å²) in [6, 6.07) is 23.8. The third-order valence-corrected chi connectivity index (χ3v) is 5.69. The van der Waals surface area contributed by atoms with Gasteiger partial charge >= 0.3 is 5.97 Å². The molecule has 4 heteroatoms. The fraction of sp³-hybridized carbons (Fsp3) is 0.259. The number of rotatable bonds is 7. The molecular weight excluding hydrogens is 388 g/mol. The Balaban J connectivity index is 1.33. The minimum atomic E-state index is -0.550. The first-order valence-corrected chi connectivity index (χ1v) is 10.8. The summed E-state index contributed by atoms with van der Waals surface area (Å²) in [5.41, 5.74) is 2.20. The van der Waals surface area contributed by atoms with E-state index in [1.807, 2.05) is 54.6 Å². The van der Waals surface area contributed by atoms with Crippen LogP contribution in [0, 0.1) is 0 Å². The summed E-state index contributed by atoms with van der Waals surface area (Å²) in [5, 5.41) is 0. The average Bonchev–Trinajstić information content (AvgIpc) is 2.84. The molecule has 0 N–H and O–H groups in total. The summed E-state index contributed by atoms with van der Waals surface area (Å²) in [4.78, 5) is 24.9. The van der Waals surface area contributed by atoms with Crippen LogP contribution in [0.5, 0.6) is 11.5 Å². The lowest BCUT2D eigenvalue weighted by Crippen LogP contribution is -2.14. The van der Waals surface area contributed by atoms with E-state index in [4.69, 9.17) is 9.47 Å². The highest BCUT2D eigenvalue weighted by atomic mass is 16.5. The molecule has 0 unspecified atom stereocenters. The second-order valence-electron chi connectivity index (χ2n) is 7.90. The predicted molar refractivity (Wildman–Crippen MR) is 120 cm³/mol. The van der Waals surface area contributed by atoms with Gasteiger partial charge in [-0.3, -0.25) is 4.79 Å². The highest BCUT2D eigenvalue weighted by Gasteiger charge is 2.17. The van der Waals surface area contributed by atoms with Crippen molar-refractivity contribution < 1.29 is 19.1 Å². The topological polar surface area (TPSA) is 52.6 Å². The lowest BCUT2D eigenvalue weighted by Gasteiger charge is -2.22. The molecule has 3 aromatic carbocycles. The molecule has 0 aromatic heterocycles. The van der Waals surface area contributed by atoms with Gasteiger partial charge in [0, 0.05) is 5.56 Å². The lowest BCUT2D eigenvalue weighted by atomic mass is 9.84. The Labute approximate surface area is 182 Å². The fourth-order valence-electron chi connectivity index (χ4n) is 3.99. The number of carbonyl (C=O) groups excluding carboxylic acids is 2. The molecule has 0 radical (unpaired) electrons. The molecule has 1 aliphatic rings. The number of ketones is 1. The van der Waals surface area contributed by atoms with Gasteiger partial charge < -0.3 is 9.47 Å². The van der Waals surface area contributed by atoms with Crippen molar-refractivity contribution in [2.24, 2.45) is 0 Å². The van der Waals surface area contributed by atoms with Crippen molar-refractivity contribution in [2.75, 3.05) is 6.61 Å². The number of carbonyl (C=O) groups is 2. The first-order chi connectivity index (χ1) is 15.2. The molecule has 0 saturated heterocycles. The van der Waals surface area contributed by atoms with Gasteiger partial charge in [0.25, 0.3) is 0 Å². The van der Waals surface area contributed by atoms with Crippen LogP contribution in [0.2, 0.25) is 0 Å². The van der Waals surface area contributed by atoms with Crippen molar-refractivity contribution in [1.82, 2.24) is 0 Å². The molecule has 3 aromatic rings. The van der Waals surface area contributed by atoms with E-state index in [9.17, 15) is 9.59 Å².